The number of nitrogens with zero attached hydrogens (tertiary/aromatic N) is 5. The molecule has 3 amide bonds. The van der Waals surface area contributed by atoms with Crippen LogP contribution in [0.3, 0.4) is 0 Å². The summed E-state index contributed by atoms with van der Waals surface area (Å²) in [5.74, 6) is 0.116. The number of aryl methyl sites for hydroxylation is 1. The molecule has 9 nitrogen and oxygen atoms in total. The molecule has 0 unspecified atom stereocenters. The highest BCUT2D eigenvalue weighted by molar-refractivity contribution is 5.99. The van der Waals surface area contributed by atoms with Crippen LogP contribution in [0, 0.1) is 0 Å². The molecule has 2 aliphatic rings. The number of fused-ring (bicyclic) bond motifs is 2. The van der Waals surface area contributed by atoms with Crippen molar-refractivity contribution in [1.82, 2.24) is 29.9 Å². The van der Waals surface area contributed by atoms with Gasteiger partial charge in [-0.15, -0.1) is 0 Å². The van der Waals surface area contributed by atoms with Gasteiger partial charge in [-0.1, -0.05) is 0 Å². The Labute approximate surface area is 182 Å². The van der Waals surface area contributed by atoms with Gasteiger partial charge < -0.3 is 20.9 Å². The molecular weight excluding hydrogens is 394 g/mol. The van der Waals surface area contributed by atoms with Crippen LogP contribution in [-0.2, 0) is 12.0 Å². The van der Waals surface area contributed by atoms with Crippen LogP contribution in [0.2, 0.25) is 0 Å². The van der Waals surface area contributed by atoms with E-state index in [4.69, 9.17) is 10.8 Å². The van der Waals surface area contributed by atoms with Gasteiger partial charge in [-0.05, 0) is 45.7 Å². The number of carbonyl (C=O) groups excluding carboxylic acids is 2. The maximum Gasteiger partial charge on any atom is 0.317 e. The van der Waals surface area contributed by atoms with Gasteiger partial charge in [0.25, 0.3) is 5.91 Å². The van der Waals surface area contributed by atoms with E-state index in [9.17, 15) is 9.59 Å². The summed E-state index contributed by atoms with van der Waals surface area (Å²) >= 11 is 0. The van der Waals surface area contributed by atoms with Crippen molar-refractivity contribution in [2.45, 2.75) is 45.6 Å². The lowest BCUT2D eigenvalue weighted by atomic mass is 9.82. The molecule has 9 heteroatoms. The number of hydrogen-bond acceptors (Lipinski definition) is 5. The van der Waals surface area contributed by atoms with Crippen molar-refractivity contribution in [2.24, 2.45) is 0 Å². The van der Waals surface area contributed by atoms with E-state index in [0.717, 1.165) is 42.9 Å². The number of aromatic nitrogens is 3. The minimum atomic E-state index is -0.117. The first-order valence-corrected chi connectivity index (χ1v) is 11.1. The lowest BCUT2D eigenvalue weighted by Crippen LogP contribution is -2.40. The molecule has 1 fully saturated rings. The van der Waals surface area contributed by atoms with Gasteiger partial charge in [0.05, 0.1) is 11.3 Å². The molecule has 0 radical (unpaired) electrons. The number of rotatable bonds is 5. The summed E-state index contributed by atoms with van der Waals surface area (Å²) in [5, 5.41) is 7.69. The molecule has 2 aliphatic heterocycles. The van der Waals surface area contributed by atoms with Gasteiger partial charge in [0, 0.05) is 62.1 Å². The monoisotopic (exact) mass is 425 g/mol. The lowest BCUT2D eigenvalue weighted by Gasteiger charge is -2.23. The molecule has 166 valence electrons. The normalized spacial score (nSPS) is 19.6. The van der Waals surface area contributed by atoms with Crippen LogP contribution in [0.15, 0.2) is 18.3 Å². The second kappa shape index (κ2) is 8.20. The predicted octanol–water partition coefficient (Wildman–Crippen LogP) is 2.09. The number of hydrogen-bond donors (Lipinski definition) is 2. The molecule has 4 rings (SSSR count). The fraction of sp³-hybridized carbons (Fsp3) is 0.545. The third-order valence-electron chi connectivity index (χ3n) is 6.59. The summed E-state index contributed by atoms with van der Waals surface area (Å²) < 4.78 is 2.04. The molecule has 1 saturated heterocycles. The average Bonchev–Trinajstić information content (AvgIpc) is 3.46. The molecule has 1 spiro atoms. The van der Waals surface area contributed by atoms with Crippen molar-refractivity contribution in [1.29, 1.82) is 0 Å². The molecule has 0 aliphatic carbocycles. The van der Waals surface area contributed by atoms with E-state index in [0.29, 0.717) is 31.7 Å². The maximum absolute atomic E-state index is 12.8. The van der Waals surface area contributed by atoms with Crippen LogP contribution in [0.1, 0.15) is 49.7 Å². The number of carbonyl (C=O) groups is 2. The van der Waals surface area contributed by atoms with Gasteiger partial charge in [0.15, 0.2) is 0 Å². The first kappa shape index (κ1) is 21.1. The van der Waals surface area contributed by atoms with Gasteiger partial charge in [0.2, 0.25) is 0 Å². The molecular formula is C22H31N7O2. The molecule has 3 N–H and O–H groups in total. The number of nitrogens with two attached hydrogens (primary N) is 1. The Bertz CT molecular complexity index is 998. The number of urea groups is 1. The summed E-state index contributed by atoms with van der Waals surface area (Å²) in [6.07, 6.45) is 3.59. The van der Waals surface area contributed by atoms with Gasteiger partial charge in [-0.3, -0.25) is 9.48 Å². The van der Waals surface area contributed by atoms with E-state index in [-0.39, 0.29) is 23.2 Å². The summed E-state index contributed by atoms with van der Waals surface area (Å²) in [6, 6.07) is 3.89. The van der Waals surface area contributed by atoms with Crippen molar-refractivity contribution in [3.8, 4) is 11.3 Å². The highest BCUT2D eigenvalue weighted by atomic mass is 16.2. The predicted molar refractivity (Wildman–Crippen MR) is 119 cm³/mol. The van der Waals surface area contributed by atoms with Crippen LogP contribution in [-0.4, -0.2) is 69.2 Å². The highest BCUT2D eigenvalue weighted by Gasteiger charge is 2.46. The number of likely N-dealkylation sites (tertiary alicyclic amines) is 1. The standard InChI is InChI=1S/C22H31N7O2/c1-4-24-21(31)28-9-7-22(14-28)8-10-29-18(22)12-17(26-29)15-11-16(19(23)25-13-15)20(30)27(5-2)6-3/h11-13H,4-10,14H2,1-3H3,(H2,23,25)(H,24,31)/t22-/m1/s1. The van der Waals surface area contributed by atoms with Crippen LogP contribution < -0.4 is 11.1 Å². The summed E-state index contributed by atoms with van der Waals surface area (Å²) in [7, 11) is 0. The van der Waals surface area contributed by atoms with Gasteiger partial charge in [-0.2, -0.15) is 5.10 Å². The lowest BCUT2D eigenvalue weighted by molar-refractivity contribution is 0.0773. The molecule has 2 aromatic heterocycles. The topological polar surface area (TPSA) is 109 Å². The Hall–Kier alpha value is -3.10. The Kier molecular flexibility index (Phi) is 5.60. The maximum atomic E-state index is 12.8. The number of anilines is 1. The number of nitrogens with one attached hydrogen (secondary N) is 1. The van der Waals surface area contributed by atoms with Crippen molar-refractivity contribution in [3.63, 3.8) is 0 Å². The van der Waals surface area contributed by atoms with E-state index in [1.165, 1.54) is 0 Å². The Balaban J connectivity index is 1.62. The minimum Gasteiger partial charge on any atom is -0.383 e. The largest absolute Gasteiger partial charge is 0.383 e. The number of nitrogen functional groups attached to an aromatic ring is 1. The van der Waals surface area contributed by atoms with Gasteiger partial charge >= 0.3 is 6.03 Å². The van der Waals surface area contributed by atoms with Crippen molar-refractivity contribution in [3.05, 3.63) is 29.6 Å². The van der Waals surface area contributed by atoms with Crippen LogP contribution >= 0.6 is 0 Å². The zero-order valence-corrected chi connectivity index (χ0v) is 18.5. The smallest absolute Gasteiger partial charge is 0.317 e. The molecule has 31 heavy (non-hydrogen) atoms. The van der Waals surface area contributed by atoms with Crippen LogP contribution in [0.25, 0.3) is 11.3 Å². The second-order valence-corrected chi connectivity index (χ2v) is 8.31. The first-order valence-electron chi connectivity index (χ1n) is 11.1. The third-order valence-corrected chi connectivity index (χ3v) is 6.59. The van der Waals surface area contributed by atoms with Gasteiger partial charge in [-0.25, -0.2) is 9.78 Å². The Morgan fingerprint density at radius 2 is 1.94 bits per heavy atom. The quantitative estimate of drug-likeness (QED) is 0.762. The third kappa shape index (κ3) is 3.62. The average molecular weight is 426 g/mol. The minimum absolute atomic E-state index is 0.000134. The summed E-state index contributed by atoms with van der Waals surface area (Å²) in [6.45, 7) is 9.95. The molecule has 1 atom stereocenters. The van der Waals surface area contributed by atoms with E-state index in [1.807, 2.05) is 30.4 Å². The van der Waals surface area contributed by atoms with Crippen molar-refractivity contribution < 1.29 is 9.59 Å². The molecule has 2 aromatic rings. The van der Waals surface area contributed by atoms with Crippen LogP contribution in [0.4, 0.5) is 10.6 Å². The van der Waals surface area contributed by atoms with Crippen molar-refractivity contribution >= 4 is 17.8 Å². The highest BCUT2D eigenvalue weighted by Crippen LogP contribution is 2.43. The molecule has 0 aromatic carbocycles. The summed E-state index contributed by atoms with van der Waals surface area (Å²) in [5.41, 5.74) is 9.09. The zero-order valence-electron chi connectivity index (χ0n) is 18.5. The Morgan fingerprint density at radius 1 is 1.19 bits per heavy atom. The fourth-order valence-electron chi connectivity index (χ4n) is 4.79. The SMILES string of the molecule is CCNC(=O)N1CC[C@@]2(CCn3nc(-c4cnc(N)c(C(=O)N(CC)CC)c4)cc32)C1. The van der Waals surface area contributed by atoms with E-state index < -0.39 is 0 Å². The molecule has 4 heterocycles. The van der Waals surface area contributed by atoms with E-state index >= 15 is 0 Å². The van der Waals surface area contributed by atoms with E-state index in [2.05, 4.69) is 16.4 Å². The Morgan fingerprint density at radius 3 is 2.65 bits per heavy atom. The van der Waals surface area contributed by atoms with Crippen LogP contribution in [0.5, 0.6) is 0 Å². The van der Waals surface area contributed by atoms with E-state index in [1.54, 1.807) is 17.2 Å². The van der Waals surface area contributed by atoms with Gasteiger partial charge in [0.1, 0.15) is 5.82 Å². The fourth-order valence-corrected chi connectivity index (χ4v) is 4.79. The summed E-state index contributed by atoms with van der Waals surface area (Å²) in [4.78, 5) is 33.0. The molecule has 0 saturated carbocycles. The first-order chi connectivity index (χ1) is 14.9. The molecule has 0 bridgehead atoms. The number of pyridine rings is 1. The zero-order chi connectivity index (χ0) is 22.2. The van der Waals surface area contributed by atoms with Crippen molar-refractivity contribution in [2.75, 3.05) is 38.5 Å². The number of amides is 3. The second-order valence-electron chi connectivity index (χ2n) is 8.31.